The zero-order chi connectivity index (χ0) is 7.78. The van der Waals surface area contributed by atoms with Gasteiger partial charge in [-0.05, 0) is 12.8 Å². The summed E-state index contributed by atoms with van der Waals surface area (Å²) in [6, 6.07) is 2.08. The van der Waals surface area contributed by atoms with E-state index >= 15 is 0 Å². The highest BCUT2D eigenvalue weighted by atomic mass is 16.1. The van der Waals surface area contributed by atoms with Crippen molar-refractivity contribution in [2.75, 3.05) is 0 Å². The van der Waals surface area contributed by atoms with E-state index in [4.69, 9.17) is 5.26 Å². The number of carbonyl (C=O) groups excluding carboxylic acids is 1. The lowest BCUT2D eigenvalue weighted by Crippen LogP contribution is -2.19. The van der Waals surface area contributed by atoms with Gasteiger partial charge in [0.2, 0.25) is 0 Å². The zero-order valence-corrected chi connectivity index (χ0v) is 6.35. The van der Waals surface area contributed by atoms with Crippen molar-refractivity contribution >= 4 is 5.78 Å². The van der Waals surface area contributed by atoms with E-state index in [-0.39, 0.29) is 11.7 Å². The van der Waals surface area contributed by atoms with Crippen LogP contribution in [-0.2, 0) is 4.79 Å². The SMILES string of the molecule is CC(C)C(=O)C1(C#N)CC1. The summed E-state index contributed by atoms with van der Waals surface area (Å²) >= 11 is 0. The first-order valence-electron chi connectivity index (χ1n) is 3.58. The van der Waals surface area contributed by atoms with Gasteiger partial charge < -0.3 is 0 Å². The van der Waals surface area contributed by atoms with Crippen molar-refractivity contribution in [1.29, 1.82) is 5.26 Å². The molecule has 2 nitrogen and oxygen atoms in total. The Morgan fingerprint density at radius 2 is 2.10 bits per heavy atom. The molecule has 1 rings (SSSR count). The van der Waals surface area contributed by atoms with Crippen LogP contribution in [0.1, 0.15) is 26.7 Å². The maximum absolute atomic E-state index is 11.2. The third kappa shape index (κ3) is 0.923. The van der Waals surface area contributed by atoms with E-state index in [9.17, 15) is 4.79 Å². The summed E-state index contributed by atoms with van der Waals surface area (Å²) in [5.74, 6) is 0.136. The molecule has 1 fully saturated rings. The van der Waals surface area contributed by atoms with Gasteiger partial charge in [0.25, 0.3) is 0 Å². The molecule has 1 aliphatic carbocycles. The van der Waals surface area contributed by atoms with Gasteiger partial charge in [-0.1, -0.05) is 13.8 Å². The lowest BCUT2D eigenvalue weighted by atomic mass is 9.94. The first-order valence-corrected chi connectivity index (χ1v) is 3.58. The van der Waals surface area contributed by atoms with E-state index in [1.807, 2.05) is 13.8 Å². The van der Waals surface area contributed by atoms with Crippen molar-refractivity contribution in [2.45, 2.75) is 26.7 Å². The average molecular weight is 137 g/mol. The van der Waals surface area contributed by atoms with Crippen LogP contribution < -0.4 is 0 Å². The number of nitrogens with zero attached hydrogens (tertiary/aromatic N) is 1. The lowest BCUT2D eigenvalue weighted by Gasteiger charge is -2.06. The van der Waals surface area contributed by atoms with Gasteiger partial charge in [0.15, 0.2) is 5.78 Å². The van der Waals surface area contributed by atoms with Crippen molar-refractivity contribution in [3.05, 3.63) is 0 Å². The summed E-state index contributed by atoms with van der Waals surface area (Å²) in [5, 5.41) is 8.60. The summed E-state index contributed by atoms with van der Waals surface area (Å²) in [6.07, 6.45) is 1.56. The minimum Gasteiger partial charge on any atom is -0.298 e. The van der Waals surface area contributed by atoms with Gasteiger partial charge in [-0.2, -0.15) is 5.26 Å². The quantitative estimate of drug-likeness (QED) is 0.579. The van der Waals surface area contributed by atoms with Gasteiger partial charge >= 0.3 is 0 Å². The molecule has 10 heavy (non-hydrogen) atoms. The molecule has 0 aliphatic heterocycles. The second kappa shape index (κ2) is 2.09. The Kier molecular flexibility index (Phi) is 1.52. The molecule has 0 bridgehead atoms. The van der Waals surface area contributed by atoms with E-state index in [1.54, 1.807) is 0 Å². The molecular formula is C8H11NO. The summed E-state index contributed by atoms with van der Waals surface area (Å²) in [4.78, 5) is 11.2. The molecule has 2 heteroatoms. The molecule has 1 saturated carbocycles. The number of rotatable bonds is 2. The van der Waals surface area contributed by atoms with Crippen molar-refractivity contribution in [2.24, 2.45) is 11.3 Å². The minimum absolute atomic E-state index is 0.0159. The van der Waals surface area contributed by atoms with Crippen LogP contribution in [0.3, 0.4) is 0 Å². The fourth-order valence-corrected chi connectivity index (χ4v) is 1.09. The summed E-state index contributed by atoms with van der Waals surface area (Å²) in [6.45, 7) is 3.69. The maximum Gasteiger partial charge on any atom is 0.155 e. The van der Waals surface area contributed by atoms with E-state index < -0.39 is 5.41 Å². The highest BCUT2D eigenvalue weighted by molar-refractivity contribution is 5.91. The Balaban J connectivity index is 2.68. The second-order valence-corrected chi connectivity index (χ2v) is 3.21. The van der Waals surface area contributed by atoms with E-state index in [2.05, 4.69) is 6.07 Å². The monoisotopic (exact) mass is 137 g/mol. The fourth-order valence-electron chi connectivity index (χ4n) is 1.09. The maximum atomic E-state index is 11.2. The molecule has 0 N–H and O–H groups in total. The number of Topliss-reactive ketones (excluding diaryl/α,β-unsaturated/α-hetero) is 1. The van der Waals surface area contributed by atoms with Crippen LogP contribution in [0.5, 0.6) is 0 Å². The first-order chi connectivity index (χ1) is 4.62. The zero-order valence-electron chi connectivity index (χ0n) is 6.35. The molecule has 0 amide bonds. The number of nitriles is 1. The third-order valence-corrected chi connectivity index (χ3v) is 1.96. The molecule has 54 valence electrons. The molecule has 0 aromatic heterocycles. The number of ketones is 1. The Hall–Kier alpha value is -0.840. The largest absolute Gasteiger partial charge is 0.298 e. The third-order valence-electron chi connectivity index (χ3n) is 1.96. The van der Waals surface area contributed by atoms with Crippen LogP contribution in [0.15, 0.2) is 0 Å². The molecular weight excluding hydrogens is 126 g/mol. The predicted molar refractivity (Wildman–Crippen MR) is 37.1 cm³/mol. The average Bonchev–Trinajstić information content (AvgIpc) is 2.66. The number of carbonyl (C=O) groups is 1. The molecule has 0 saturated heterocycles. The minimum atomic E-state index is -0.561. The lowest BCUT2D eigenvalue weighted by molar-refractivity contribution is -0.125. The van der Waals surface area contributed by atoms with Gasteiger partial charge in [0.05, 0.1) is 6.07 Å². The Labute approximate surface area is 60.8 Å². The molecule has 0 spiro atoms. The Bertz CT molecular complexity index is 196. The first kappa shape index (κ1) is 7.27. The summed E-state index contributed by atoms with van der Waals surface area (Å²) in [7, 11) is 0. The van der Waals surface area contributed by atoms with E-state index in [0.29, 0.717) is 0 Å². The Morgan fingerprint density at radius 1 is 1.60 bits per heavy atom. The van der Waals surface area contributed by atoms with Gasteiger partial charge in [0.1, 0.15) is 5.41 Å². The topological polar surface area (TPSA) is 40.9 Å². The predicted octanol–water partition coefficient (Wildman–Crippen LogP) is 1.52. The molecule has 0 radical (unpaired) electrons. The molecule has 0 aromatic carbocycles. The van der Waals surface area contributed by atoms with Crippen molar-refractivity contribution < 1.29 is 4.79 Å². The van der Waals surface area contributed by atoms with Crippen LogP contribution in [0, 0.1) is 22.7 Å². The van der Waals surface area contributed by atoms with E-state index in [1.165, 1.54) is 0 Å². The smallest absolute Gasteiger partial charge is 0.155 e. The molecule has 0 aromatic rings. The van der Waals surface area contributed by atoms with Crippen molar-refractivity contribution in [3.63, 3.8) is 0 Å². The molecule has 0 atom stereocenters. The number of hydrogen-bond acceptors (Lipinski definition) is 2. The fraction of sp³-hybridized carbons (Fsp3) is 0.750. The summed E-state index contributed by atoms with van der Waals surface area (Å²) < 4.78 is 0. The van der Waals surface area contributed by atoms with Crippen LogP contribution >= 0.6 is 0 Å². The second-order valence-electron chi connectivity index (χ2n) is 3.21. The standard InChI is InChI=1S/C8H11NO/c1-6(2)7(10)8(5-9)3-4-8/h6H,3-4H2,1-2H3. The van der Waals surface area contributed by atoms with Crippen LogP contribution in [0.25, 0.3) is 0 Å². The van der Waals surface area contributed by atoms with Crippen molar-refractivity contribution in [3.8, 4) is 6.07 Å². The van der Waals surface area contributed by atoms with Gasteiger partial charge in [-0.3, -0.25) is 4.79 Å². The highest BCUT2D eigenvalue weighted by Crippen LogP contribution is 2.47. The molecule has 0 unspecified atom stereocenters. The normalized spacial score (nSPS) is 20.2. The van der Waals surface area contributed by atoms with Crippen molar-refractivity contribution in [1.82, 2.24) is 0 Å². The number of hydrogen-bond donors (Lipinski definition) is 0. The molecule has 0 heterocycles. The summed E-state index contributed by atoms with van der Waals surface area (Å²) in [5.41, 5.74) is -0.561. The molecule has 1 aliphatic rings. The van der Waals surface area contributed by atoms with Gasteiger partial charge in [-0.15, -0.1) is 0 Å². The van der Waals surface area contributed by atoms with Crippen LogP contribution in [-0.4, -0.2) is 5.78 Å². The highest BCUT2D eigenvalue weighted by Gasteiger charge is 2.50. The van der Waals surface area contributed by atoms with Crippen LogP contribution in [0.2, 0.25) is 0 Å². The van der Waals surface area contributed by atoms with Gasteiger partial charge in [0, 0.05) is 5.92 Å². The van der Waals surface area contributed by atoms with Crippen LogP contribution in [0.4, 0.5) is 0 Å². The Morgan fingerprint density at radius 3 is 2.20 bits per heavy atom. The van der Waals surface area contributed by atoms with Gasteiger partial charge in [-0.25, -0.2) is 0 Å². The van der Waals surface area contributed by atoms with E-state index in [0.717, 1.165) is 12.8 Å².